The predicted molar refractivity (Wildman–Crippen MR) is 103 cm³/mol. The highest BCUT2D eigenvalue weighted by Crippen LogP contribution is 2.16. The number of piperidine rings is 1. The van der Waals surface area contributed by atoms with Crippen LogP contribution in [0.2, 0.25) is 0 Å². The molecule has 1 aliphatic rings. The van der Waals surface area contributed by atoms with Crippen molar-refractivity contribution in [3.05, 3.63) is 35.4 Å². The van der Waals surface area contributed by atoms with Crippen LogP contribution in [0.3, 0.4) is 0 Å². The van der Waals surface area contributed by atoms with E-state index in [0.29, 0.717) is 19.7 Å². The number of nitrogens with zero attached hydrogens (tertiary/aromatic N) is 2. The summed E-state index contributed by atoms with van der Waals surface area (Å²) in [7, 11) is 1.67. The quantitative estimate of drug-likeness (QED) is 0.640. The molecule has 1 amide bonds. The van der Waals surface area contributed by atoms with Crippen molar-refractivity contribution in [3.63, 3.8) is 0 Å². The van der Waals surface area contributed by atoms with Crippen LogP contribution in [0.5, 0.6) is 0 Å². The molecule has 2 rings (SSSR count). The Morgan fingerprint density at radius 1 is 1.30 bits per heavy atom. The lowest BCUT2D eigenvalue weighted by Crippen LogP contribution is -2.48. The van der Waals surface area contributed by atoms with Gasteiger partial charge in [0.15, 0.2) is 0 Å². The van der Waals surface area contributed by atoms with Crippen molar-refractivity contribution < 1.29 is 19.4 Å². The average molecular weight is 377 g/mol. The molecule has 1 saturated heterocycles. The summed E-state index contributed by atoms with van der Waals surface area (Å²) in [6.45, 7) is 5.90. The van der Waals surface area contributed by atoms with E-state index in [0.717, 1.165) is 43.6 Å². The molecule has 0 saturated carbocycles. The normalized spacial score (nSPS) is 15.8. The van der Waals surface area contributed by atoms with Gasteiger partial charge in [-0.1, -0.05) is 31.2 Å². The van der Waals surface area contributed by atoms with Gasteiger partial charge in [0.05, 0.1) is 19.7 Å². The number of carboxylic acid groups (broad SMARTS) is 1. The molecule has 7 nitrogen and oxygen atoms in total. The molecule has 2 N–H and O–H groups in total. The maximum Gasteiger partial charge on any atom is 0.317 e. The molecule has 7 heteroatoms. The zero-order chi connectivity index (χ0) is 19.6. The molecule has 150 valence electrons. The number of carboxylic acids is 1. The van der Waals surface area contributed by atoms with Gasteiger partial charge in [0.25, 0.3) is 0 Å². The van der Waals surface area contributed by atoms with Gasteiger partial charge in [-0.3, -0.25) is 19.4 Å². The number of ether oxygens (including phenoxy) is 1. The molecule has 0 aromatic heterocycles. The average Bonchev–Trinajstić information content (AvgIpc) is 2.66. The molecule has 1 aromatic rings. The minimum Gasteiger partial charge on any atom is -0.480 e. The molecule has 0 radical (unpaired) electrons. The molecule has 1 heterocycles. The maximum absolute atomic E-state index is 12.2. The first kappa shape index (κ1) is 21.3. The smallest absolute Gasteiger partial charge is 0.317 e. The van der Waals surface area contributed by atoms with Crippen LogP contribution in [0.4, 0.5) is 0 Å². The van der Waals surface area contributed by atoms with Crippen LogP contribution < -0.4 is 5.32 Å². The number of methoxy groups -OCH3 is 1. The van der Waals surface area contributed by atoms with Crippen molar-refractivity contribution >= 4 is 11.9 Å². The number of amides is 1. The van der Waals surface area contributed by atoms with E-state index in [1.54, 1.807) is 7.11 Å². The van der Waals surface area contributed by atoms with Crippen LogP contribution in [0, 0.1) is 0 Å². The van der Waals surface area contributed by atoms with E-state index in [4.69, 9.17) is 9.84 Å². The molecule has 0 atom stereocenters. The Bertz CT molecular complexity index is 615. The van der Waals surface area contributed by atoms with E-state index < -0.39 is 5.97 Å². The summed E-state index contributed by atoms with van der Waals surface area (Å²) in [6, 6.07) is 8.29. The van der Waals surface area contributed by atoms with Crippen molar-refractivity contribution in [2.75, 3.05) is 39.8 Å². The largest absolute Gasteiger partial charge is 0.480 e. The van der Waals surface area contributed by atoms with Gasteiger partial charge in [-0.15, -0.1) is 0 Å². The number of likely N-dealkylation sites (N-methyl/N-ethyl adjacent to an activating group) is 1. The van der Waals surface area contributed by atoms with Gasteiger partial charge in [0.1, 0.15) is 0 Å². The Hall–Kier alpha value is -1.96. The molecule has 0 bridgehead atoms. The molecule has 0 unspecified atom stereocenters. The van der Waals surface area contributed by atoms with Crippen LogP contribution in [-0.2, 0) is 27.5 Å². The SMILES string of the molecule is CCN(CC(=O)O)C1CCN(CC(=O)NCc2cccc(COC)c2)CC1. The second kappa shape index (κ2) is 11.0. The first-order chi connectivity index (χ1) is 13.0. The number of rotatable bonds is 10. The van der Waals surface area contributed by atoms with Gasteiger partial charge in [0.2, 0.25) is 5.91 Å². The summed E-state index contributed by atoms with van der Waals surface area (Å²) in [5.74, 6) is -0.767. The predicted octanol–water partition coefficient (Wildman–Crippen LogP) is 1.32. The fourth-order valence-electron chi connectivity index (χ4n) is 3.57. The van der Waals surface area contributed by atoms with Gasteiger partial charge in [-0.25, -0.2) is 0 Å². The van der Waals surface area contributed by atoms with Crippen molar-refractivity contribution in [2.45, 2.75) is 39.0 Å². The third-order valence-corrected chi connectivity index (χ3v) is 4.98. The number of likely N-dealkylation sites (tertiary alicyclic amines) is 1. The number of aliphatic carboxylic acids is 1. The van der Waals surface area contributed by atoms with Gasteiger partial charge in [-0.05, 0) is 30.5 Å². The van der Waals surface area contributed by atoms with Crippen LogP contribution in [0.25, 0.3) is 0 Å². The van der Waals surface area contributed by atoms with E-state index in [9.17, 15) is 9.59 Å². The van der Waals surface area contributed by atoms with Crippen molar-refractivity contribution in [3.8, 4) is 0 Å². The molecule has 27 heavy (non-hydrogen) atoms. The molecule has 1 aliphatic heterocycles. The number of nitrogens with one attached hydrogen (secondary N) is 1. The second-order valence-electron chi connectivity index (χ2n) is 6.99. The fraction of sp³-hybridized carbons (Fsp3) is 0.600. The van der Waals surface area contributed by atoms with Crippen molar-refractivity contribution in [2.24, 2.45) is 0 Å². The lowest BCUT2D eigenvalue weighted by Gasteiger charge is -2.37. The lowest BCUT2D eigenvalue weighted by molar-refractivity contribution is -0.139. The molecule has 0 aliphatic carbocycles. The van der Waals surface area contributed by atoms with Gasteiger partial charge in [0, 0.05) is 32.8 Å². The summed E-state index contributed by atoms with van der Waals surface area (Å²) < 4.78 is 5.13. The first-order valence-electron chi connectivity index (χ1n) is 9.53. The Balaban J connectivity index is 1.72. The van der Waals surface area contributed by atoms with Gasteiger partial charge >= 0.3 is 5.97 Å². The third kappa shape index (κ3) is 7.28. The number of carbonyl (C=O) groups excluding carboxylic acids is 1. The summed E-state index contributed by atoms with van der Waals surface area (Å²) in [4.78, 5) is 27.3. The zero-order valence-electron chi connectivity index (χ0n) is 16.3. The van der Waals surface area contributed by atoms with E-state index >= 15 is 0 Å². The highest BCUT2D eigenvalue weighted by atomic mass is 16.5. The third-order valence-electron chi connectivity index (χ3n) is 4.98. The zero-order valence-corrected chi connectivity index (χ0v) is 16.3. The van der Waals surface area contributed by atoms with Crippen LogP contribution in [-0.4, -0.2) is 72.7 Å². The topological polar surface area (TPSA) is 82.1 Å². The van der Waals surface area contributed by atoms with Gasteiger partial charge in [-0.2, -0.15) is 0 Å². The highest BCUT2D eigenvalue weighted by Gasteiger charge is 2.25. The number of hydrogen-bond acceptors (Lipinski definition) is 5. The molecular weight excluding hydrogens is 346 g/mol. The monoisotopic (exact) mass is 377 g/mol. The molecule has 0 spiro atoms. The maximum atomic E-state index is 12.2. The minimum absolute atomic E-state index is 0.0171. The number of carbonyl (C=O) groups is 2. The molecule has 1 fully saturated rings. The van der Waals surface area contributed by atoms with Crippen LogP contribution >= 0.6 is 0 Å². The van der Waals surface area contributed by atoms with E-state index in [1.165, 1.54) is 0 Å². The molecular formula is C20H31N3O4. The van der Waals surface area contributed by atoms with E-state index in [1.807, 2.05) is 36.1 Å². The van der Waals surface area contributed by atoms with Crippen LogP contribution in [0.15, 0.2) is 24.3 Å². The Kier molecular flexibility index (Phi) is 8.71. The fourth-order valence-corrected chi connectivity index (χ4v) is 3.57. The highest BCUT2D eigenvalue weighted by molar-refractivity contribution is 5.78. The van der Waals surface area contributed by atoms with E-state index in [2.05, 4.69) is 10.2 Å². The van der Waals surface area contributed by atoms with Crippen molar-refractivity contribution in [1.82, 2.24) is 15.1 Å². The van der Waals surface area contributed by atoms with Crippen molar-refractivity contribution in [1.29, 1.82) is 0 Å². The van der Waals surface area contributed by atoms with Crippen LogP contribution in [0.1, 0.15) is 30.9 Å². The molecule has 1 aromatic carbocycles. The second-order valence-corrected chi connectivity index (χ2v) is 6.99. The summed E-state index contributed by atoms with van der Waals surface area (Å²) >= 11 is 0. The number of hydrogen-bond donors (Lipinski definition) is 2. The van der Waals surface area contributed by atoms with E-state index in [-0.39, 0.29) is 18.5 Å². The van der Waals surface area contributed by atoms with Gasteiger partial charge < -0.3 is 15.2 Å². The minimum atomic E-state index is -0.784. The summed E-state index contributed by atoms with van der Waals surface area (Å²) in [5.41, 5.74) is 2.15. The Labute approximate surface area is 161 Å². The Morgan fingerprint density at radius 2 is 2.00 bits per heavy atom. The lowest BCUT2D eigenvalue weighted by atomic mass is 10.0. The number of benzene rings is 1. The first-order valence-corrected chi connectivity index (χ1v) is 9.53. The summed E-state index contributed by atoms with van der Waals surface area (Å²) in [6.07, 6.45) is 1.79. The standard InChI is InChI=1S/C20H31N3O4/c1-3-23(14-20(25)26)18-7-9-22(10-8-18)13-19(24)21-12-16-5-4-6-17(11-16)15-27-2/h4-6,11,18H,3,7-10,12-15H2,1-2H3,(H,21,24)(H,25,26). The summed E-state index contributed by atoms with van der Waals surface area (Å²) in [5, 5.41) is 12.0. The Morgan fingerprint density at radius 3 is 2.63 bits per heavy atom.